The second-order valence-corrected chi connectivity index (χ2v) is 4.94. The third-order valence-electron chi connectivity index (χ3n) is 3.48. The molecule has 1 aromatic carbocycles. The van der Waals surface area contributed by atoms with Gasteiger partial charge in [-0.25, -0.2) is 0 Å². The number of fused-ring (bicyclic) bond motifs is 1. The van der Waals surface area contributed by atoms with Gasteiger partial charge in [-0.2, -0.15) is 0 Å². The molecule has 0 unspecified atom stereocenters. The smallest absolute Gasteiger partial charge is 0.239 e. The van der Waals surface area contributed by atoms with Gasteiger partial charge in [-0.1, -0.05) is 18.2 Å². The highest BCUT2D eigenvalue weighted by Crippen LogP contribution is 2.19. The highest BCUT2D eigenvalue weighted by Gasteiger charge is 2.21. The van der Waals surface area contributed by atoms with Crippen molar-refractivity contribution in [2.75, 3.05) is 26.3 Å². The van der Waals surface area contributed by atoms with E-state index in [1.165, 1.54) is 4.90 Å². The maximum absolute atomic E-state index is 12.3. The lowest BCUT2D eigenvalue weighted by atomic mass is 10.0. The molecule has 5 N–H and O–H groups in total. The topological polar surface area (TPSA) is 103 Å². The quantitative estimate of drug-likeness (QED) is 0.569. The number of aliphatic hydroxyl groups excluding tert-OH is 2. The molecule has 0 aliphatic heterocycles. The van der Waals surface area contributed by atoms with Crippen LogP contribution in [0.1, 0.15) is 5.56 Å². The van der Waals surface area contributed by atoms with Crippen LogP contribution in [0.3, 0.4) is 0 Å². The number of carbonyl (C=O) groups excluding carboxylic acids is 1. The van der Waals surface area contributed by atoms with Crippen molar-refractivity contribution in [3.8, 4) is 0 Å². The molecular weight excluding hydrogens is 270 g/mol. The van der Waals surface area contributed by atoms with Crippen LogP contribution >= 0.6 is 0 Å². The molecule has 0 aliphatic carbocycles. The van der Waals surface area contributed by atoms with Crippen LogP contribution in [0.5, 0.6) is 0 Å². The lowest BCUT2D eigenvalue weighted by Gasteiger charge is -2.24. The van der Waals surface area contributed by atoms with Crippen molar-refractivity contribution in [1.82, 2.24) is 9.88 Å². The Kier molecular flexibility index (Phi) is 5.32. The van der Waals surface area contributed by atoms with Crippen LogP contribution in [0.25, 0.3) is 10.9 Å². The van der Waals surface area contributed by atoms with Gasteiger partial charge in [0.05, 0.1) is 19.3 Å². The third kappa shape index (κ3) is 3.60. The number of aliphatic hydroxyl groups is 2. The number of nitrogens with two attached hydrogens (primary N) is 1. The number of aromatic amines is 1. The molecule has 0 saturated carbocycles. The summed E-state index contributed by atoms with van der Waals surface area (Å²) in [5.41, 5.74) is 7.99. The molecule has 6 nitrogen and oxygen atoms in total. The second-order valence-electron chi connectivity index (χ2n) is 4.94. The first-order valence-corrected chi connectivity index (χ1v) is 6.98. The van der Waals surface area contributed by atoms with Crippen molar-refractivity contribution >= 4 is 16.8 Å². The number of hydrogen-bond acceptors (Lipinski definition) is 4. The van der Waals surface area contributed by atoms with Crippen LogP contribution in [-0.4, -0.2) is 58.3 Å². The van der Waals surface area contributed by atoms with Gasteiger partial charge < -0.3 is 25.8 Å². The molecule has 0 fully saturated rings. The summed E-state index contributed by atoms with van der Waals surface area (Å²) in [6, 6.07) is 7.14. The van der Waals surface area contributed by atoms with E-state index in [-0.39, 0.29) is 32.2 Å². The molecular formula is C15H21N3O3. The van der Waals surface area contributed by atoms with Crippen LogP contribution in [-0.2, 0) is 11.2 Å². The largest absolute Gasteiger partial charge is 0.395 e. The molecule has 1 aromatic heterocycles. The predicted octanol–water partition coefficient (Wildman–Crippen LogP) is -0.149. The summed E-state index contributed by atoms with van der Waals surface area (Å²) in [7, 11) is 0. The molecule has 1 amide bonds. The van der Waals surface area contributed by atoms with E-state index in [9.17, 15) is 4.79 Å². The number of carbonyl (C=O) groups is 1. The molecule has 114 valence electrons. The number of para-hydroxylation sites is 1. The maximum atomic E-state index is 12.3. The van der Waals surface area contributed by atoms with E-state index in [2.05, 4.69) is 4.98 Å². The van der Waals surface area contributed by atoms with E-state index in [1.807, 2.05) is 30.5 Å². The summed E-state index contributed by atoms with van der Waals surface area (Å²) < 4.78 is 0. The monoisotopic (exact) mass is 291 g/mol. The van der Waals surface area contributed by atoms with Crippen molar-refractivity contribution in [1.29, 1.82) is 0 Å². The number of H-pyrrole nitrogens is 1. The molecule has 1 atom stereocenters. The molecule has 0 spiro atoms. The van der Waals surface area contributed by atoms with Crippen LogP contribution in [0.2, 0.25) is 0 Å². The number of rotatable bonds is 7. The number of aromatic nitrogens is 1. The minimum Gasteiger partial charge on any atom is -0.395 e. The summed E-state index contributed by atoms with van der Waals surface area (Å²) in [5, 5.41) is 19.0. The van der Waals surface area contributed by atoms with Gasteiger partial charge in [-0.05, 0) is 18.1 Å². The molecule has 21 heavy (non-hydrogen) atoms. The zero-order chi connectivity index (χ0) is 15.2. The predicted molar refractivity (Wildman–Crippen MR) is 80.7 cm³/mol. The Morgan fingerprint density at radius 2 is 1.90 bits per heavy atom. The fourth-order valence-corrected chi connectivity index (χ4v) is 2.43. The van der Waals surface area contributed by atoms with Gasteiger partial charge in [0.1, 0.15) is 0 Å². The number of amides is 1. The third-order valence-corrected chi connectivity index (χ3v) is 3.48. The van der Waals surface area contributed by atoms with E-state index in [0.29, 0.717) is 6.42 Å². The van der Waals surface area contributed by atoms with Gasteiger partial charge in [-0.3, -0.25) is 4.79 Å². The zero-order valence-electron chi connectivity index (χ0n) is 11.8. The molecule has 6 heteroatoms. The molecule has 0 saturated heterocycles. The Balaban J connectivity index is 2.09. The number of benzene rings is 1. The minimum atomic E-state index is -0.692. The second kappa shape index (κ2) is 7.21. The summed E-state index contributed by atoms with van der Waals surface area (Å²) in [5.74, 6) is -0.261. The molecule has 2 rings (SSSR count). The van der Waals surface area contributed by atoms with Crippen LogP contribution in [0, 0.1) is 0 Å². The van der Waals surface area contributed by atoms with Crippen LogP contribution in [0.15, 0.2) is 30.5 Å². The van der Waals surface area contributed by atoms with Gasteiger partial charge in [-0.15, -0.1) is 0 Å². The van der Waals surface area contributed by atoms with Gasteiger partial charge in [0, 0.05) is 30.2 Å². The first-order valence-electron chi connectivity index (χ1n) is 6.98. The Bertz CT molecular complexity index is 591. The first kappa shape index (κ1) is 15.5. The highest BCUT2D eigenvalue weighted by molar-refractivity contribution is 5.86. The van der Waals surface area contributed by atoms with Gasteiger partial charge in [0.25, 0.3) is 0 Å². The Morgan fingerprint density at radius 1 is 1.24 bits per heavy atom. The van der Waals surface area contributed by atoms with Gasteiger partial charge in [0.15, 0.2) is 0 Å². The number of nitrogens with one attached hydrogen (secondary N) is 1. The Hall–Kier alpha value is -1.89. The number of nitrogens with zero attached hydrogens (tertiary/aromatic N) is 1. The molecule has 2 aromatic rings. The molecule has 1 heterocycles. The van der Waals surface area contributed by atoms with Crippen LogP contribution in [0.4, 0.5) is 0 Å². The normalized spacial score (nSPS) is 12.5. The van der Waals surface area contributed by atoms with E-state index < -0.39 is 6.04 Å². The van der Waals surface area contributed by atoms with Gasteiger partial charge in [0.2, 0.25) is 5.91 Å². The van der Waals surface area contributed by atoms with Crippen molar-refractivity contribution in [3.63, 3.8) is 0 Å². The molecule has 0 radical (unpaired) electrons. The van der Waals surface area contributed by atoms with Crippen molar-refractivity contribution in [2.45, 2.75) is 12.5 Å². The maximum Gasteiger partial charge on any atom is 0.239 e. The standard InChI is InChI=1S/C15H21N3O3/c16-13(15(21)18(5-7-19)6-8-20)9-11-10-17-14-4-2-1-3-12(11)14/h1-4,10,13,17,19-20H,5-9,16H2/t13-/m0/s1. The minimum absolute atomic E-state index is 0.147. The molecule has 0 aliphatic rings. The Morgan fingerprint density at radius 3 is 2.57 bits per heavy atom. The van der Waals surface area contributed by atoms with E-state index in [0.717, 1.165) is 16.5 Å². The summed E-state index contributed by atoms with van der Waals surface area (Å²) in [4.78, 5) is 16.8. The lowest BCUT2D eigenvalue weighted by Crippen LogP contribution is -2.47. The number of hydrogen-bond donors (Lipinski definition) is 4. The summed E-state index contributed by atoms with van der Waals surface area (Å²) in [6.07, 6.45) is 2.27. The van der Waals surface area contributed by atoms with Gasteiger partial charge >= 0.3 is 0 Å². The van der Waals surface area contributed by atoms with E-state index in [1.54, 1.807) is 0 Å². The highest BCUT2D eigenvalue weighted by atomic mass is 16.3. The average Bonchev–Trinajstić information content (AvgIpc) is 2.89. The average molecular weight is 291 g/mol. The fraction of sp³-hybridized carbons (Fsp3) is 0.400. The Labute approximate surface area is 123 Å². The van der Waals surface area contributed by atoms with E-state index in [4.69, 9.17) is 15.9 Å². The fourth-order valence-electron chi connectivity index (χ4n) is 2.43. The van der Waals surface area contributed by atoms with Crippen LogP contribution < -0.4 is 5.73 Å². The van der Waals surface area contributed by atoms with Crippen molar-refractivity contribution < 1.29 is 15.0 Å². The zero-order valence-corrected chi connectivity index (χ0v) is 11.8. The summed E-state index contributed by atoms with van der Waals surface area (Å²) in [6.45, 7) is 0.0685. The van der Waals surface area contributed by atoms with Crippen molar-refractivity contribution in [2.24, 2.45) is 5.73 Å². The van der Waals surface area contributed by atoms with E-state index >= 15 is 0 Å². The lowest BCUT2D eigenvalue weighted by molar-refractivity contribution is -0.133. The van der Waals surface area contributed by atoms with Crippen molar-refractivity contribution in [3.05, 3.63) is 36.0 Å². The first-order chi connectivity index (χ1) is 10.2. The molecule has 0 bridgehead atoms. The summed E-state index contributed by atoms with van der Waals surface area (Å²) >= 11 is 0. The SMILES string of the molecule is N[C@@H](Cc1c[nH]c2ccccc12)C(=O)N(CCO)CCO.